The molecule has 0 aliphatic heterocycles. The molecule has 0 aromatic heterocycles. The molecule has 4 nitrogen and oxygen atoms in total. The Hall–Kier alpha value is -0.680. The fourth-order valence-electron chi connectivity index (χ4n) is 37.2. The number of fused-ring (bicyclic) bond motifs is 20. The van der Waals surface area contributed by atoms with Gasteiger partial charge in [-0.05, 0) is 452 Å². The maximum Gasteiger partial charge on any atom is 0.0577 e. The summed E-state index contributed by atoms with van der Waals surface area (Å²) in [5.74, 6) is 27.2. The summed E-state index contributed by atoms with van der Waals surface area (Å²) in [5.41, 5.74) is 7.45. The highest BCUT2D eigenvalue weighted by atomic mass is 16.3. The van der Waals surface area contributed by atoms with Gasteiger partial charge in [0.25, 0.3) is 0 Å². The second kappa shape index (κ2) is 38.2. The molecule has 16 aliphatic rings. The Balaban J connectivity index is 0.000000136. The van der Waals surface area contributed by atoms with Crippen LogP contribution < -0.4 is 0 Å². The van der Waals surface area contributed by atoms with Crippen molar-refractivity contribution in [3.8, 4) is 0 Å². The normalized spacial score (nSPS) is 47.3. The lowest BCUT2D eigenvalue weighted by Crippen LogP contribution is -2.54. The third-order valence-electron chi connectivity index (χ3n) is 45.8. The molecule has 0 aromatic carbocycles. The van der Waals surface area contributed by atoms with E-state index in [0.717, 1.165) is 229 Å². The molecule has 0 amide bonds. The van der Waals surface area contributed by atoms with E-state index in [-0.39, 0.29) is 24.4 Å². The molecule has 16 aliphatic carbocycles. The molecule has 16 rings (SSSR count). The molecule has 14 fully saturated rings. The first kappa shape index (κ1) is 94.9. The number of aliphatic hydroxyl groups is 4. The van der Waals surface area contributed by atoms with Crippen molar-refractivity contribution < 1.29 is 20.4 Å². The standard InChI is InChI=1S/C29H52O.C29H50O.C28H50O.C28H48O/c2*1-7-21(19(2)3)9-8-20(4)25-12-13-26-24-11-10-22-18-23(30)14-16-28(22,5)27(24)15-17-29(25,26)6;2*1-18(2)19(3)7-8-20(4)24-11-12-25-23-10-9-21-17-22(29)13-15-27(21,5)26(23)14-16-28(24,25)6/h19-27,30H,7-18H2,1-6H3;10,19-21,23-27,30H,7-9,11-18H2,1-6H3;18-26,29H,7-17H2,1-6H3;9,18-20,22-26,29H,7-8,10-17H2,1-6H3. The molecule has 4 heteroatoms. The first-order valence-electron chi connectivity index (χ1n) is 53.8. The largest absolute Gasteiger partial charge is 0.393 e. The molecule has 4 N–H and O–H groups in total. The Morgan fingerprint density at radius 2 is 0.559 bits per heavy atom. The number of hydrogen-bond acceptors (Lipinski definition) is 4. The fraction of sp³-hybridized carbons (Fsp3) is 0.965. The lowest BCUT2D eigenvalue weighted by molar-refractivity contribution is -0.129. The molecule has 38 atom stereocenters. The van der Waals surface area contributed by atoms with Crippen LogP contribution in [0.15, 0.2) is 23.3 Å². The van der Waals surface area contributed by atoms with Gasteiger partial charge in [0.05, 0.1) is 24.4 Å². The number of allylic oxidation sites excluding steroid dienone is 2. The molecule has 118 heavy (non-hydrogen) atoms. The summed E-state index contributed by atoms with van der Waals surface area (Å²) in [6, 6.07) is 0. The van der Waals surface area contributed by atoms with Gasteiger partial charge in [-0.15, -0.1) is 0 Å². The third-order valence-corrected chi connectivity index (χ3v) is 45.8. The summed E-state index contributed by atoms with van der Waals surface area (Å²) in [5, 5.41) is 41.0. The summed E-state index contributed by atoms with van der Waals surface area (Å²) in [6.07, 6.45) is 64.5. The summed E-state index contributed by atoms with van der Waals surface area (Å²) in [4.78, 5) is 0. The molecule has 0 bridgehead atoms. The van der Waals surface area contributed by atoms with E-state index in [1.165, 1.54) is 231 Å². The van der Waals surface area contributed by atoms with Gasteiger partial charge in [-0.1, -0.05) is 241 Å². The molecular formula is C114H200O4. The molecule has 0 heterocycles. The molecule has 0 saturated heterocycles. The summed E-state index contributed by atoms with van der Waals surface area (Å²) in [6.45, 7) is 60.6. The van der Waals surface area contributed by atoms with Gasteiger partial charge >= 0.3 is 0 Å². The molecule has 0 spiro atoms. The Morgan fingerprint density at radius 3 is 0.864 bits per heavy atom. The van der Waals surface area contributed by atoms with Crippen molar-refractivity contribution in [2.24, 2.45) is 221 Å². The molecular weight excluding hydrogens is 1430 g/mol. The van der Waals surface area contributed by atoms with E-state index in [4.69, 9.17) is 0 Å². The number of rotatable bonds is 22. The predicted molar refractivity (Wildman–Crippen MR) is 504 cm³/mol. The average Bonchev–Trinajstić information content (AvgIpc) is 1.43. The van der Waals surface area contributed by atoms with Crippen molar-refractivity contribution in [2.75, 3.05) is 0 Å². The van der Waals surface area contributed by atoms with E-state index in [0.29, 0.717) is 43.3 Å². The number of hydrogen-bond donors (Lipinski definition) is 4. The summed E-state index contributed by atoms with van der Waals surface area (Å²) >= 11 is 0. The van der Waals surface area contributed by atoms with Crippen molar-refractivity contribution in [3.63, 3.8) is 0 Å². The minimum atomic E-state index is -0.0794. The molecule has 0 radical (unpaired) electrons. The molecule has 14 saturated carbocycles. The first-order chi connectivity index (χ1) is 55.7. The van der Waals surface area contributed by atoms with Gasteiger partial charge in [-0.2, -0.15) is 0 Å². The monoisotopic (exact) mass is 1630 g/mol. The topological polar surface area (TPSA) is 80.9 Å². The van der Waals surface area contributed by atoms with Crippen molar-refractivity contribution in [1.29, 1.82) is 0 Å². The van der Waals surface area contributed by atoms with Gasteiger partial charge in [0.15, 0.2) is 0 Å². The van der Waals surface area contributed by atoms with Crippen LogP contribution in [-0.2, 0) is 0 Å². The van der Waals surface area contributed by atoms with Crippen LogP contribution in [0.3, 0.4) is 0 Å². The Morgan fingerprint density at radius 1 is 0.280 bits per heavy atom. The average molecular weight is 1630 g/mol. The zero-order chi connectivity index (χ0) is 85.3. The highest BCUT2D eigenvalue weighted by molar-refractivity contribution is 5.28. The van der Waals surface area contributed by atoms with Crippen molar-refractivity contribution in [1.82, 2.24) is 0 Å². The fourth-order valence-corrected chi connectivity index (χ4v) is 37.2. The Bertz CT molecular complexity index is 3250. The molecule has 38 unspecified atom stereocenters. The lowest BCUT2D eigenvalue weighted by Gasteiger charge is -2.61. The zero-order valence-corrected chi connectivity index (χ0v) is 82.7. The predicted octanol–water partition coefficient (Wildman–Crippen LogP) is 31.5. The van der Waals surface area contributed by atoms with E-state index >= 15 is 0 Å². The number of aliphatic hydroxyl groups excluding tert-OH is 4. The van der Waals surface area contributed by atoms with Crippen molar-refractivity contribution in [3.05, 3.63) is 23.3 Å². The van der Waals surface area contributed by atoms with E-state index < -0.39 is 0 Å². The van der Waals surface area contributed by atoms with Crippen LogP contribution in [0, 0.1) is 221 Å². The third kappa shape index (κ3) is 18.3. The van der Waals surface area contributed by atoms with Crippen LogP contribution in [0.2, 0.25) is 0 Å². The van der Waals surface area contributed by atoms with Crippen molar-refractivity contribution >= 4 is 0 Å². The van der Waals surface area contributed by atoms with Gasteiger partial charge in [0.2, 0.25) is 0 Å². The van der Waals surface area contributed by atoms with E-state index in [2.05, 4.69) is 178 Å². The van der Waals surface area contributed by atoms with Crippen LogP contribution in [0.4, 0.5) is 0 Å². The maximum absolute atomic E-state index is 10.3. The van der Waals surface area contributed by atoms with Gasteiger partial charge in [0, 0.05) is 0 Å². The van der Waals surface area contributed by atoms with Crippen LogP contribution in [0.25, 0.3) is 0 Å². The highest BCUT2D eigenvalue weighted by Crippen LogP contribution is 2.74. The second-order valence-corrected chi connectivity index (χ2v) is 51.9. The quantitative estimate of drug-likeness (QED) is 0.0815. The van der Waals surface area contributed by atoms with Crippen molar-refractivity contribution in [2.45, 2.75) is 473 Å². The zero-order valence-electron chi connectivity index (χ0n) is 82.7. The highest BCUT2D eigenvalue weighted by Gasteiger charge is 2.65. The van der Waals surface area contributed by atoms with E-state index in [1.807, 2.05) is 0 Å². The van der Waals surface area contributed by atoms with Gasteiger partial charge in [-0.25, -0.2) is 0 Å². The maximum atomic E-state index is 10.3. The van der Waals surface area contributed by atoms with E-state index in [1.54, 1.807) is 11.1 Å². The Labute approximate surface area is 733 Å². The Kier molecular flexibility index (Phi) is 30.7. The van der Waals surface area contributed by atoms with Gasteiger partial charge in [-0.3, -0.25) is 0 Å². The van der Waals surface area contributed by atoms with Crippen LogP contribution in [0.1, 0.15) is 449 Å². The van der Waals surface area contributed by atoms with Gasteiger partial charge in [0.1, 0.15) is 0 Å². The minimum Gasteiger partial charge on any atom is -0.393 e. The summed E-state index contributed by atoms with van der Waals surface area (Å²) in [7, 11) is 0. The smallest absolute Gasteiger partial charge is 0.0577 e. The van der Waals surface area contributed by atoms with Crippen LogP contribution in [0.5, 0.6) is 0 Å². The summed E-state index contributed by atoms with van der Waals surface area (Å²) < 4.78 is 0. The minimum absolute atomic E-state index is 0.0107. The first-order valence-corrected chi connectivity index (χ1v) is 53.8. The lowest BCUT2D eigenvalue weighted by atomic mass is 9.44. The second-order valence-electron chi connectivity index (χ2n) is 51.9. The molecule has 0 aromatic rings. The van der Waals surface area contributed by atoms with E-state index in [9.17, 15) is 20.4 Å². The SMILES string of the molecule is CC(C)C(C)CCC(C)C1CCC2C3CC=C4CC(O)CCC4(C)C3CCC12C.CC(C)C(C)CCC(C)C1CCC2C3CCC4CC(O)CCC4(C)C3CCC12C.CCC(CCC(C)C1CCC2C3CC=C4CC(O)CCC4(C)C3CCC12C)C(C)C.CCC(CCC(C)C1CCC2C3CCC4CC(O)CCC4(C)C3CCC12C)C(C)C. The van der Waals surface area contributed by atoms with Crippen LogP contribution >= 0.6 is 0 Å². The van der Waals surface area contributed by atoms with Gasteiger partial charge < -0.3 is 20.4 Å². The molecule has 680 valence electrons. The van der Waals surface area contributed by atoms with Crippen LogP contribution in [-0.4, -0.2) is 44.8 Å².